The van der Waals surface area contributed by atoms with E-state index in [1.165, 1.54) is 6.33 Å². The Balaban J connectivity index is 1.86. The number of aliphatic carboxylic acids is 1. The molecule has 1 saturated heterocycles. The van der Waals surface area contributed by atoms with Crippen LogP contribution in [-0.2, 0) is 4.79 Å². The Morgan fingerprint density at radius 3 is 2.85 bits per heavy atom. The number of carboxylic acid groups (broad SMARTS) is 1. The van der Waals surface area contributed by atoms with Gasteiger partial charge in [0.2, 0.25) is 5.88 Å². The van der Waals surface area contributed by atoms with E-state index in [1.807, 2.05) is 13.0 Å². The highest BCUT2D eigenvalue weighted by Gasteiger charge is 2.21. The van der Waals surface area contributed by atoms with Crippen LogP contribution in [0.3, 0.4) is 0 Å². The lowest BCUT2D eigenvalue weighted by atomic mass is 9.92. The summed E-state index contributed by atoms with van der Waals surface area (Å²) in [5, 5.41) is 8.71. The van der Waals surface area contributed by atoms with Crippen molar-refractivity contribution in [2.45, 2.75) is 32.6 Å². The average Bonchev–Trinajstić information content (AvgIpc) is 2.46. The first-order valence-corrected chi connectivity index (χ1v) is 7.10. The van der Waals surface area contributed by atoms with Gasteiger partial charge in [-0.15, -0.1) is 0 Å². The predicted molar refractivity (Wildman–Crippen MR) is 75.0 cm³/mol. The number of hydrogen-bond acceptors (Lipinski definition) is 5. The molecular weight excluding hydrogens is 258 g/mol. The van der Waals surface area contributed by atoms with Crippen LogP contribution in [0.2, 0.25) is 0 Å². The molecular formula is C14H21N3O3. The minimum atomic E-state index is -0.704. The highest BCUT2D eigenvalue weighted by Crippen LogP contribution is 2.25. The van der Waals surface area contributed by atoms with Crippen LogP contribution < -0.4 is 9.64 Å². The second-order valence-electron chi connectivity index (χ2n) is 5.01. The van der Waals surface area contributed by atoms with Crippen molar-refractivity contribution in [1.29, 1.82) is 0 Å². The average molecular weight is 279 g/mol. The summed E-state index contributed by atoms with van der Waals surface area (Å²) < 4.78 is 5.38. The third-order valence-electron chi connectivity index (χ3n) is 3.62. The quantitative estimate of drug-likeness (QED) is 0.858. The third kappa shape index (κ3) is 4.08. The van der Waals surface area contributed by atoms with Crippen molar-refractivity contribution >= 4 is 11.8 Å². The van der Waals surface area contributed by atoms with Crippen LogP contribution in [0.25, 0.3) is 0 Å². The van der Waals surface area contributed by atoms with Crippen LogP contribution in [-0.4, -0.2) is 40.7 Å². The molecule has 0 atom stereocenters. The Hall–Kier alpha value is -1.85. The Morgan fingerprint density at radius 2 is 2.20 bits per heavy atom. The first kappa shape index (κ1) is 14.6. The fourth-order valence-corrected chi connectivity index (χ4v) is 2.51. The van der Waals surface area contributed by atoms with E-state index < -0.39 is 5.97 Å². The molecule has 0 unspecified atom stereocenters. The maximum atomic E-state index is 10.6. The van der Waals surface area contributed by atoms with Crippen LogP contribution in [0, 0.1) is 5.92 Å². The molecule has 0 amide bonds. The van der Waals surface area contributed by atoms with Gasteiger partial charge in [-0.05, 0) is 32.1 Å². The van der Waals surface area contributed by atoms with Crippen LogP contribution in [0.1, 0.15) is 32.6 Å². The summed E-state index contributed by atoms with van der Waals surface area (Å²) in [5.74, 6) is 1.30. The standard InChI is InChI=1S/C14H21N3O3/c1-2-20-13-9-12(15-10-16-13)17-7-5-11(6-8-17)3-4-14(18)19/h9-11H,2-8H2,1H3,(H,18,19). The van der Waals surface area contributed by atoms with Crippen molar-refractivity contribution in [2.24, 2.45) is 5.92 Å². The summed E-state index contributed by atoms with van der Waals surface area (Å²) in [7, 11) is 0. The van der Waals surface area contributed by atoms with Crippen molar-refractivity contribution < 1.29 is 14.6 Å². The molecule has 6 heteroatoms. The molecule has 0 aliphatic carbocycles. The molecule has 2 heterocycles. The van der Waals surface area contributed by atoms with Gasteiger partial charge in [0.15, 0.2) is 0 Å². The Morgan fingerprint density at radius 1 is 1.45 bits per heavy atom. The second-order valence-corrected chi connectivity index (χ2v) is 5.01. The first-order chi connectivity index (χ1) is 9.69. The van der Waals surface area contributed by atoms with Gasteiger partial charge < -0.3 is 14.7 Å². The number of piperidine rings is 1. The smallest absolute Gasteiger partial charge is 0.303 e. The number of nitrogens with zero attached hydrogens (tertiary/aromatic N) is 3. The number of ether oxygens (including phenoxy) is 1. The maximum Gasteiger partial charge on any atom is 0.303 e. The van der Waals surface area contributed by atoms with Gasteiger partial charge in [-0.3, -0.25) is 4.79 Å². The molecule has 1 aromatic heterocycles. The molecule has 0 spiro atoms. The Bertz CT molecular complexity index is 445. The monoisotopic (exact) mass is 279 g/mol. The number of rotatable bonds is 6. The highest BCUT2D eigenvalue weighted by atomic mass is 16.5. The molecule has 110 valence electrons. The summed E-state index contributed by atoms with van der Waals surface area (Å²) in [6.45, 7) is 4.34. The molecule has 1 N–H and O–H groups in total. The summed E-state index contributed by atoms with van der Waals surface area (Å²) in [6.07, 6.45) is 4.60. The van der Waals surface area contributed by atoms with Crippen molar-refractivity contribution in [2.75, 3.05) is 24.6 Å². The number of hydrogen-bond donors (Lipinski definition) is 1. The molecule has 0 radical (unpaired) electrons. The molecule has 1 aromatic rings. The van der Waals surface area contributed by atoms with E-state index in [0.29, 0.717) is 18.4 Å². The molecule has 2 rings (SSSR count). The van der Waals surface area contributed by atoms with Gasteiger partial charge in [-0.25, -0.2) is 9.97 Å². The van der Waals surface area contributed by atoms with E-state index in [-0.39, 0.29) is 6.42 Å². The first-order valence-electron chi connectivity index (χ1n) is 7.10. The van der Waals surface area contributed by atoms with E-state index in [9.17, 15) is 4.79 Å². The van der Waals surface area contributed by atoms with E-state index >= 15 is 0 Å². The molecule has 6 nitrogen and oxygen atoms in total. The van der Waals surface area contributed by atoms with Crippen LogP contribution in [0.4, 0.5) is 5.82 Å². The predicted octanol–water partition coefficient (Wildman–Crippen LogP) is 1.96. The van der Waals surface area contributed by atoms with Gasteiger partial charge in [0.05, 0.1) is 6.61 Å². The number of aromatic nitrogens is 2. The number of carboxylic acids is 1. The summed E-state index contributed by atoms with van der Waals surface area (Å²) >= 11 is 0. The molecule has 0 aromatic carbocycles. The SMILES string of the molecule is CCOc1cc(N2CCC(CCC(=O)O)CC2)ncn1. The van der Waals surface area contributed by atoms with Gasteiger partial charge in [-0.1, -0.05) is 0 Å². The minimum Gasteiger partial charge on any atom is -0.481 e. The van der Waals surface area contributed by atoms with E-state index in [4.69, 9.17) is 9.84 Å². The fraction of sp³-hybridized carbons (Fsp3) is 0.643. The van der Waals surface area contributed by atoms with Crippen molar-refractivity contribution in [3.05, 3.63) is 12.4 Å². The maximum absolute atomic E-state index is 10.6. The summed E-state index contributed by atoms with van der Waals surface area (Å²) in [4.78, 5) is 21.1. The van der Waals surface area contributed by atoms with E-state index in [2.05, 4.69) is 14.9 Å². The summed E-state index contributed by atoms with van der Waals surface area (Å²) in [6, 6.07) is 1.86. The molecule has 1 aliphatic heterocycles. The van der Waals surface area contributed by atoms with Gasteiger partial charge in [0, 0.05) is 25.6 Å². The highest BCUT2D eigenvalue weighted by molar-refractivity contribution is 5.66. The van der Waals surface area contributed by atoms with E-state index in [0.717, 1.165) is 38.2 Å². The summed E-state index contributed by atoms with van der Waals surface area (Å²) in [5.41, 5.74) is 0. The zero-order chi connectivity index (χ0) is 14.4. The molecule has 0 saturated carbocycles. The largest absolute Gasteiger partial charge is 0.481 e. The molecule has 20 heavy (non-hydrogen) atoms. The van der Waals surface area contributed by atoms with Gasteiger partial charge in [-0.2, -0.15) is 0 Å². The van der Waals surface area contributed by atoms with Crippen LogP contribution in [0.15, 0.2) is 12.4 Å². The van der Waals surface area contributed by atoms with Crippen molar-refractivity contribution in [3.8, 4) is 5.88 Å². The van der Waals surface area contributed by atoms with Crippen LogP contribution in [0.5, 0.6) is 5.88 Å². The Kier molecular flexibility index (Phi) is 5.15. The van der Waals surface area contributed by atoms with Gasteiger partial charge in [0.25, 0.3) is 0 Å². The second kappa shape index (κ2) is 7.07. The van der Waals surface area contributed by atoms with E-state index in [1.54, 1.807) is 0 Å². The number of anilines is 1. The van der Waals surface area contributed by atoms with Gasteiger partial charge in [0.1, 0.15) is 12.1 Å². The topological polar surface area (TPSA) is 75.5 Å². The van der Waals surface area contributed by atoms with Gasteiger partial charge >= 0.3 is 5.97 Å². The zero-order valence-corrected chi connectivity index (χ0v) is 11.8. The number of carbonyl (C=O) groups is 1. The van der Waals surface area contributed by atoms with Crippen molar-refractivity contribution in [1.82, 2.24) is 9.97 Å². The minimum absolute atomic E-state index is 0.270. The lowest BCUT2D eigenvalue weighted by molar-refractivity contribution is -0.137. The zero-order valence-electron chi connectivity index (χ0n) is 11.8. The fourth-order valence-electron chi connectivity index (χ4n) is 2.51. The third-order valence-corrected chi connectivity index (χ3v) is 3.62. The molecule has 1 fully saturated rings. The normalized spacial score (nSPS) is 16.1. The lowest BCUT2D eigenvalue weighted by Crippen LogP contribution is -2.34. The van der Waals surface area contributed by atoms with Crippen LogP contribution >= 0.6 is 0 Å². The van der Waals surface area contributed by atoms with Crippen molar-refractivity contribution in [3.63, 3.8) is 0 Å². The Labute approximate surface area is 118 Å². The lowest BCUT2D eigenvalue weighted by Gasteiger charge is -2.32. The molecule has 0 bridgehead atoms. The molecule has 1 aliphatic rings.